The van der Waals surface area contributed by atoms with Crippen molar-refractivity contribution in [3.05, 3.63) is 109 Å². The number of allylic oxidation sites excluding steroid dienone is 18. The lowest BCUT2D eigenvalue weighted by Gasteiger charge is -2.18. The van der Waals surface area contributed by atoms with Crippen molar-refractivity contribution < 1.29 is 28.6 Å². The number of carbonyl (C=O) groups is 3. The van der Waals surface area contributed by atoms with Crippen LogP contribution in [0.3, 0.4) is 0 Å². The highest BCUT2D eigenvalue weighted by Gasteiger charge is 2.19. The molecular formula is C72H122O6. The summed E-state index contributed by atoms with van der Waals surface area (Å²) in [5, 5.41) is 0. The molecule has 6 heteroatoms. The molecule has 0 aliphatic heterocycles. The predicted molar refractivity (Wildman–Crippen MR) is 339 cm³/mol. The number of hydrogen-bond donors (Lipinski definition) is 0. The summed E-state index contributed by atoms with van der Waals surface area (Å²) >= 11 is 0. The SMILES string of the molecule is CC/C=C\C/C=C\C/C=C\C/C=C\C/C=C\C/C=C\CCCCC(=O)OC(COC(=O)CCCCCCC/C=C\CCCCC)COC(=O)CCCCCCCCCCCCCCCCC/C=C\C/C=C\CCCCCCC. The number of ether oxygens (including phenoxy) is 3. The van der Waals surface area contributed by atoms with Crippen LogP contribution in [-0.4, -0.2) is 37.2 Å². The maximum Gasteiger partial charge on any atom is 0.306 e. The zero-order valence-electron chi connectivity index (χ0n) is 51.2. The van der Waals surface area contributed by atoms with Gasteiger partial charge in [-0.3, -0.25) is 14.4 Å². The van der Waals surface area contributed by atoms with Crippen molar-refractivity contribution in [1.82, 2.24) is 0 Å². The lowest BCUT2D eigenvalue weighted by molar-refractivity contribution is -0.167. The zero-order valence-corrected chi connectivity index (χ0v) is 51.2. The maximum absolute atomic E-state index is 12.9. The Morgan fingerprint density at radius 1 is 0.269 bits per heavy atom. The first-order valence-corrected chi connectivity index (χ1v) is 32.9. The van der Waals surface area contributed by atoms with Gasteiger partial charge in [0, 0.05) is 19.3 Å². The van der Waals surface area contributed by atoms with E-state index in [-0.39, 0.29) is 37.5 Å². The first kappa shape index (κ1) is 74.1. The highest BCUT2D eigenvalue weighted by Crippen LogP contribution is 2.16. The summed E-state index contributed by atoms with van der Waals surface area (Å²) in [6, 6.07) is 0. The molecule has 0 aliphatic rings. The quantitative estimate of drug-likeness (QED) is 0.0261. The minimum absolute atomic E-state index is 0.0981. The van der Waals surface area contributed by atoms with E-state index in [9.17, 15) is 14.4 Å². The molecule has 0 aromatic rings. The van der Waals surface area contributed by atoms with Crippen LogP contribution in [0.15, 0.2) is 109 Å². The van der Waals surface area contributed by atoms with Crippen molar-refractivity contribution in [2.45, 2.75) is 316 Å². The van der Waals surface area contributed by atoms with Gasteiger partial charge in [-0.15, -0.1) is 0 Å². The molecule has 1 atom stereocenters. The van der Waals surface area contributed by atoms with Crippen LogP contribution in [0.4, 0.5) is 0 Å². The van der Waals surface area contributed by atoms with Gasteiger partial charge < -0.3 is 14.2 Å². The third-order valence-corrected chi connectivity index (χ3v) is 14.0. The summed E-state index contributed by atoms with van der Waals surface area (Å²) in [5.41, 5.74) is 0. The van der Waals surface area contributed by atoms with Gasteiger partial charge in [-0.2, -0.15) is 0 Å². The Morgan fingerprint density at radius 3 is 0.846 bits per heavy atom. The molecule has 0 radical (unpaired) electrons. The largest absolute Gasteiger partial charge is 0.462 e. The number of rotatable bonds is 59. The number of esters is 3. The summed E-state index contributed by atoms with van der Waals surface area (Å²) in [7, 11) is 0. The predicted octanol–water partition coefficient (Wildman–Crippen LogP) is 22.6. The molecule has 6 nitrogen and oxygen atoms in total. The van der Waals surface area contributed by atoms with E-state index < -0.39 is 6.10 Å². The topological polar surface area (TPSA) is 78.9 Å². The van der Waals surface area contributed by atoms with Crippen molar-refractivity contribution in [1.29, 1.82) is 0 Å². The molecule has 0 heterocycles. The monoisotopic (exact) mass is 1080 g/mol. The molecule has 0 rings (SSSR count). The molecule has 0 N–H and O–H groups in total. The Bertz CT molecular complexity index is 1570. The number of unbranched alkanes of at least 4 members (excludes halogenated alkanes) is 30. The molecule has 78 heavy (non-hydrogen) atoms. The third-order valence-electron chi connectivity index (χ3n) is 14.0. The summed E-state index contributed by atoms with van der Waals surface area (Å²) < 4.78 is 16.9. The molecule has 0 fully saturated rings. The van der Waals surface area contributed by atoms with Gasteiger partial charge >= 0.3 is 17.9 Å². The van der Waals surface area contributed by atoms with Gasteiger partial charge in [-0.25, -0.2) is 0 Å². The van der Waals surface area contributed by atoms with Gasteiger partial charge in [-0.05, 0) is 128 Å². The molecule has 0 aliphatic carbocycles. The second-order valence-corrected chi connectivity index (χ2v) is 21.6. The first-order valence-electron chi connectivity index (χ1n) is 32.9. The highest BCUT2D eigenvalue weighted by atomic mass is 16.6. The lowest BCUT2D eigenvalue weighted by Crippen LogP contribution is -2.30. The van der Waals surface area contributed by atoms with E-state index in [1.807, 2.05) is 0 Å². The van der Waals surface area contributed by atoms with Gasteiger partial charge in [0.1, 0.15) is 13.2 Å². The van der Waals surface area contributed by atoms with Crippen LogP contribution in [0.2, 0.25) is 0 Å². The minimum atomic E-state index is -0.807. The molecular weight excluding hydrogens is 961 g/mol. The van der Waals surface area contributed by atoms with Crippen LogP contribution in [0.25, 0.3) is 0 Å². The van der Waals surface area contributed by atoms with Gasteiger partial charge in [0.15, 0.2) is 6.10 Å². The van der Waals surface area contributed by atoms with Crippen LogP contribution in [0, 0.1) is 0 Å². The van der Waals surface area contributed by atoms with E-state index in [2.05, 4.69) is 130 Å². The standard InChI is InChI=1S/C72H122O6/c1-4-7-10-13-16-19-22-25-27-29-31-33-34-35-36-37-38-40-41-43-45-47-50-53-56-59-62-65-71(74)77-68-69(67-76-70(73)64-61-58-55-52-49-24-21-18-15-12-9-6-3)78-72(75)66-63-60-57-54-51-48-46-44-42-39-32-30-28-26-23-20-17-14-11-8-5-2/h8,11,17-18,20-22,25-26,28-29,31-32,39,44,46,51,54,69H,4-7,9-10,12-16,19,23-24,27,30,33-38,40-43,45,47-50,52-53,55-68H2,1-3H3/b11-8-,20-17-,21-18-,25-22-,28-26-,31-29-,39-32-,46-44-,54-51-. The second kappa shape index (κ2) is 65.6. The maximum atomic E-state index is 12.9. The smallest absolute Gasteiger partial charge is 0.306 e. The number of carbonyl (C=O) groups excluding carboxylic acids is 3. The molecule has 0 spiro atoms. The van der Waals surface area contributed by atoms with Crippen molar-refractivity contribution in [2.75, 3.05) is 13.2 Å². The van der Waals surface area contributed by atoms with Crippen molar-refractivity contribution in [3.8, 4) is 0 Å². The van der Waals surface area contributed by atoms with Crippen molar-refractivity contribution >= 4 is 17.9 Å². The Kier molecular flexibility index (Phi) is 62.3. The molecule has 0 bridgehead atoms. The molecule has 1 unspecified atom stereocenters. The normalized spacial score (nSPS) is 12.8. The fourth-order valence-electron chi connectivity index (χ4n) is 9.06. The Morgan fingerprint density at radius 2 is 0.500 bits per heavy atom. The Labute approximate surface area is 482 Å². The van der Waals surface area contributed by atoms with Crippen LogP contribution in [-0.2, 0) is 28.6 Å². The van der Waals surface area contributed by atoms with Gasteiger partial charge in [0.2, 0.25) is 0 Å². The Balaban J connectivity index is 4.33. The molecule has 0 saturated heterocycles. The van der Waals surface area contributed by atoms with E-state index in [0.29, 0.717) is 19.3 Å². The van der Waals surface area contributed by atoms with E-state index in [4.69, 9.17) is 14.2 Å². The summed E-state index contributed by atoms with van der Waals surface area (Å²) in [4.78, 5) is 38.3. The first-order chi connectivity index (χ1) is 38.5. The van der Waals surface area contributed by atoms with Gasteiger partial charge in [0.05, 0.1) is 0 Å². The Hall–Kier alpha value is -3.93. The van der Waals surface area contributed by atoms with Crippen LogP contribution in [0.1, 0.15) is 310 Å². The lowest BCUT2D eigenvalue weighted by atomic mass is 10.0. The number of hydrogen-bond acceptors (Lipinski definition) is 6. The summed E-state index contributed by atoms with van der Waals surface area (Å²) in [5.74, 6) is -0.945. The van der Waals surface area contributed by atoms with Crippen molar-refractivity contribution in [2.24, 2.45) is 0 Å². The van der Waals surface area contributed by atoms with Gasteiger partial charge in [-0.1, -0.05) is 271 Å². The van der Waals surface area contributed by atoms with E-state index in [1.165, 1.54) is 154 Å². The average molecular weight is 1080 g/mol. The fraction of sp³-hybridized carbons (Fsp3) is 0.708. The van der Waals surface area contributed by atoms with Crippen LogP contribution in [0.5, 0.6) is 0 Å². The molecule has 446 valence electrons. The molecule has 0 aromatic carbocycles. The van der Waals surface area contributed by atoms with Gasteiger partial charge in [0.25, 0.3) is 0 Å². The van der Waals surface area contributed by atoms with Crippen molar-refractivity contribution in [3.63, 3.8) is 0 Å². The van der Waals surface area contributed by atoms with E-state index >= 15 is 0 Å². The van der Waals surface area contributed by atoms with Crippen LogP contribution >= 0.6 is 0 Å². The highest BCUT2D eigenvalue weighted by molar-refractivity contribution is 5.71. The fourth-order valence-corrected chi connectivity index (χ4v) is 9.06. The summed E-state index contributed by atoms with van der Waals surface area (Å²) in [6.07, 6.45) is 89.6. The molecule has 0 amide bonds. The second-order valence-electron chi connectivity index (χ2n) is 21.6. The summed E-state index contributed by atoms with van der Waals surface area (Å²) in [6.45, 7) is 6.47. The average Bonchev–Trinajstić information content (AvgIpc) is 3.44. The van der Waals surface area contributed by atoms with Crippen LogP contribution < -0.4 is 0 Å². The van der Waals surface area contributed by atoms with E-state index in [0.717, 1.165) is 109 Å². The minimum Gasteiger partial charge on any atom is -0.462 e. The zero-order chi connectivity index (χ0) is 56.4. The molecule has 0 aromatic heterocycles. The molecule has 0 saturated carbocycles. The third kappa shape index (κ3) is 62.9. The van der Waals surface area contributed by atoms with E-state index in [1.54, 1.807) is 0 Å².